The van der Waals surface area contributed by atoms with Crippen LogP contribution in [-0.2, 0) is 20.9 Å². The zero-order chi connectivity index (χ0) is 20.4. The molecule has 29 heavy (non-hydrogen) atoms. The van der Waals surface area contributed by atoms with Gasteiger partial charge in [0, 0.05) is 30.0 Å². The predicted octanol–water partition coefficient (Wildman–Crippen LogP) is 6.65. The van der Waals surface area contributed by atoms with E-state index in [4.69, 9.17) is 25.4 Å². The van der Waals surface area contributed by atoms with Gasteiger partial charge >= 0.3 is 6.72 Å². The fourth-order valence-electron chi connectivity index (χ4n) is 3.50. The van der Waals surface area contributed by atoms with E-state index in [1.165, 1.54) is 7.11 Å². The van der Waals surface area contributed by atoms with Crippen LogP contribution in [0.15, 0.2) is 72.8 Å². The molecule has 6 heteroatoms. The van der Waals surface area contributed by atoms with Crippen LogP contribution in [0, 0.1) is 0 Å². The van der Waals surface area contributed by atoms with E-state index in [1.807, 2.05) is 73.7 Å². The summed E-state index contributed by atoms with van der Waals surface area (Å²) in [4.78, 5) is 0. The first-order chi connectivity index (χ1) is 14.1. The van der Waals surface area contributed by atoms with Crippen molar-refractivity contribution in [1.82, 2.24) is 0 Å². The number of fused-ring (bicyclic) bond motifs is 2. The van der Waals surface area contributed by atoms with E-state index in [0.29, 0.717) is 17.9 Å². The first-order valence-electron chi connectivity index (χ1n) is 9.29. The molecule has 1 unspecified atom stereocenters. The Morgan fingerprint density at radius 3 is 2.03 bits per heavy atom. The van der Waals surface area contributed by atoms with Gasteiger partial charge < -0.3 is 14.2 Å². The first-order valence-corrected chi connectivity index (χ1v) is 11.8. The van der Waals surface area contributed by atoms with Crippen molar-refractivity contribution >= 4 is 40.1 Å². The lowest BCUT2D eigenvalue weighted by molar-refractivity contribution is 0.242. The highest BCUT2D eigenvalue weighted by molar-refractivity contribution is 8.07. The lowest BCUT2D eigenvalue weighted by Crippen LogP contribution is -2.01. The van der Waals surface area contributed by atoms with E-state index in [9.17, 15) is 5.11 Å². The molecule has 1 atom stereocenters. The molecule has 0 bridgehead atoms. The number of hydrogen-bond donors (Lipinski definition) is 1. The van der Waals surface area contributed by atoms with Crippen LogP contribution >= 0.6 is 6.72 Å². The van der Waals surface area contributed by atoms with E-state index >= 15 is 0 Å². The molecule has 0 saturated carbocycles. The van der Waals surface area contributed by atoms with Gasteiger partial charge in [-0.1, -0.05) is 60.7 Å². The second-order valence-corrected chi connectivity index (χ2v) is 9.52. The predicted molar refractivity (Wildman–Crippen MR) is 122 cm³/mol. The molecular formula is C23H21O4PS. The molecule has 0 amide bonds. The summed E-state index contributed by atoms with van der Waals surface area (Å²) < 4.78 is 17.2. The SMILES string of the molecule is CCOP(=S)(OC)Oc1ccc2ccccc2c1-c1c(O)ccc2ccccc12. The van der Waals surface area contributed by atoms with Crippen LogP contribution < -0.4 is 4.52 Å². The molecular weight excluding hydrogens is 403 g/mol. The standard InChI is InChI=1S/C23H21O4PS/c1-3-26-28(29,25-2)27-21-15-13-17-9-5-7-11-19(17)23(21)22-18-10-6-4-8-16(18)12-14-20(22)24/h4-15,24H,3H2,1-2H3. The quantitative estimate of drug-likeness (QED) is 0.351. The van der Waals surface area contributed by atoms with Crippen LogP contribution in [0.5, 0.6) is 11.5 Å². The molecule has 4 rings (SSSR count). The van der Waals surface area contributed by atoms with Crippen molar-refractivity contribution in [3.63, 3.8) is 0 Å². The molecule has 4 nitrogen and oxygen atoms in total. The molecule has 0 fully saturated rings. The Bertz CT molecular complexity index is 1240. The molecule has 4 aromatic rings. The minimum absolute atomic E-state index is 0.173. The van der Waals surface area contributed by atoms with Crippen LogP contribution in [0.1, 0.15) is 6.92 Å². The highest BCUT2D eigenvalue weighted by Crippen LogP contribution is 2.53. The van der Waals surface area contributed by atoms with Gasteiger partial charge in [-0.2, -0.15) is 0 Å². The summed E-state index contributed by atoms with van der Waals surface area (Å²) in [6.45, 7) is -0.740. The summed E-state index contributed by atoms with van der Waals surface area (Å²) in [5, 5.41) is 14.8. The average Bonchev–Trinajstić information content (AvgIpc) is 2.74. The summed E-state index contributed by atoms with van der Waals surface area (Å²) in [5.74, 6) is 0.695. The molecule has 4 aromatic carbocycles. The second-order valence-electron chi connectivity index (χ2n) is 6.48. The van der Waals surface area contributed by atoms with Crippen molar-refractivity contribution in [3.8, 4) is 22.6 Å². The van der Waals surface area contributed by atoms with Crippen molar-refractivity contribution in [2.45, 2.75) is 6.92 Å². The maximum atomic E-state index is 10.9. The zero-order valence-corrected chi connectivity index (χ0v) is 17.9. The third kappa shape index (κ3) is 3.75. The third-order valence-corrected chi connectivity index (χ3v) is 7.20. The summed E-state index contributed by atoms with van der Waals surface area (Å²) in [7, 11) is 1.49. The van der Waals surface area contributed by atoms with Gasteiger partial charge in [0.2, 0.25) is 0 Å². The van der Waals surface area contributed by atoms with Gasteiger partial charge in [0.25, 0.3) is 0 Å². The summed E-state index contributed by atoms with van der Waals surface area (Å²) in [5.41, 5.74) is 1.47. The van der Waals surface area contributed by atoms with Crippen molar-refractivity contribution in [2.24, 2.45) is 0 Å². The Kier molecular flexibility index (Phi) is 5.57. The van der Waals surface area contributed by atoms with Crippen molar-refractivity contribution in [1.29, 1.82) is 0 Å². The lowest BCUT2D eigenvalue weighted by atomic mass is 9.92. The van der Waals surface area contributed by atoms with Gasteiger partial charge in [-0.3, -0.25) is 4.52 Å². The highest BCUT2D eigenvalue weighted by atomic mass is 32.5. The Morgan fingerprint density at radius 2 is 1.41 bits per heavy atom. The fourth-order valence-corrected chi connectivity index (χ4v) is 5.00. The Labute approximate surface area is 174 Å². The molecule has 0 aromatic heterocycles. The number of rotatable bonds is 6. The van der Waals surface area contributed by atoms with Crippen LogP contribution in [0.3, 0.4) is 0 Å². The number of benzene rings is 4. The van der Waals surface area contributed by atoms with Crippen LogP contribution in [0.2, 0.25) is 0 Å². The Morgan fingerprint density at radius 1 is 0.828 bits per heavy atom. The molecule has 148 valence electrons. The van der Waals surface area contributed by atoms with Gasteiger partial charge in [0.15, 0.2) is 0 Å². The molecule has 0 spiro atoms. The van der Waals surface area contributed by atoms with E-state index in [-0.39, 0.29) is 5.75 Å². The van der Waals surface area contributed by atoms with Gasteiger partial charge in [-0.15, -0.1) is 0 Å². The third-order valence-electron chi connectivity index (χ3n) is 4.77. The zero-order valence-electron chi connectivity index (χ0n) is 16.2. The van der Waals surface area contributed by atoms with Gasteiger partial charge in [-0.05, 0) is 40.6 Å². The Hall–Kier alpha value is -2.43. The smallest absolute Gasteiger partial charge is 0.380 e. The maximum absolute atomic E-state index is 10.9. The van der Waals surface area contributed by atoms with Crippen LogP contribution in [-0.4, -0.2) is 18.8 Å². The first kappa shape index (κ1) is 19.9. The minimum Gasteiger partial charge on any atom is -0.507 e. The van der Waals surface area contributed by atoms with Crippen molar-refractivity contribution < 1.29 is 18.7 Å². The largest absolute Gasteiger partial charge is 0.507 e. The summed E-state index contributed by atoms with van der Waals surface area (Å²) in [6, 6.07) is 23.4. The van der Waals surface area contributed by atoms with Crippen molar-refractivity contribution in [2.75, 3.05) is 13.7 Å². The monoisotopic (exact) mass is 424 g/mol. The van der Waals surface area contributed by atoms with Crippen molar-refractivity contribution in [3.05, 3.63) is 72.8 Å². The molecule has 1 N–H and O–H groups in total. The summed E-state index contributed by atoms with van der Waals surface area (Å²) >= 11 is 5.53. The van der Waals surface area contributed by atoms with Gasteiger partial charge in [0.1, 0.15) is 11.5 Å². The van der Waals surface area contributed by atoms with Gasteiger partial charge in [0.05, 0.1) is 6.61 Å². The highest BCUT2D eigenvalue weighted by Gasteiger charge is 2.25. The molecule has 0 radical (unpaired) electrons. The maximum Gasteiger partial charge on any atom is 0.380 e. The average molecular weight is 424 g/mol. The number of aromatic hydroxyl groups is 1. The van der Waals surface area contributed by atoms with E-state index in [1.54, 1.807) is 6.07 Å². The normalized spacial score (nSPS) is 13.4. The number of phenols is 1. The lowest BCUT2D eigenvalue weighted by Gasteiger charge is -2.23. The molecule has 0 aliphatic rings. The Balaban J connectivity index is 2.06. The summed E-state index contributed by atoms with van der Waals surface area (Å²) in [6.07, 6.45) is 0. The second kappa shape index (κ2) is 8.13. The number of hydrogen-bond acceptors (Lipinski definition) is 5. The van der Waals surface area contributed by atoms with Gasteiger partial charge in [-0.25, -0.2) is 0 Å². The molecule has 0 aliphatic heterocycles. The van der Waals surface area contributed by atoms with E-state index in [2.05, 4.69) is 0 Å². The minimum atomic E-state index is -2.97. The van der Waals surface area contributed by atoms with E-state index in [0.717, 1.165) is 27.1 Å². The molecule has 0 saturated heterocycles. The topological polar surface area (TPSA) is 47.9 Å². The van der Waals surface area contributed by atoms with E-state index < -0.39 is 6.72 Å². The van der Waals surface area contributed by atoms with Crippen LogP contribution in [0.25, 0.3) is 32.7 Å². The van der Waals surface area contributed by atoms with Crippen LogP contribution in [0.4, 0.5) is 0 Å². The number of phenolic OH excluding ortho intramolecular Hbond substituents is 1. The molecule has 0 heterocycles. The molecule has 0 aliphatic carbocycles. The fraction of sp³-hybridized carbons (Fsp3) is 0.130.